The Balaban J connectivity index is 1.53. The van der Waals surface area contributed by atoms with Gasteiger partial charge in [0, 0.05) is 20.0 Å². The summed E-state index contributed by atoms with van der Waals surface area (Å²) in [7, 11) is 1.55. The first-order chi connectivity index (χ1) is 11.0. The largest absolute Gasteiger partial charge is 0.489 e. The van der Waals surface area contributed by atoms with Crippen LogP contribution in [-0.4, -0.2) is 71.9 Å². The average Bonchev–Trinajstić information content (AvgIpc) is 3.09. The quantitative estimate of drug-likeness (QED) is 0.761. The minimum Gasteiger partial charge on any atom is -0.489 e. The number of urea groups is 1. The van der Waals surface area contributed by atoms with Crippen molar-refractivity contribution in [3.8, 4) is 5.75 Å². The topological polar surface area (TPSA) is 70.2 Å². The van der Waals surface area contributed by atoms with E-state index >= 15 is 0 Å². The van der Waals surface area contributed by atoms with Crippen LogP contribution in [0.4, 0.5) is 4.79 Å². The van der Waals surface area contributed by atoms with Crippen LogP contribution in [0, 0.1) is 0 Å². The van der Waals surface area contributed by atoms with Gasteiger partial charge >= 0.3 is 6.03 Å². The Hall–Kier alpha value is -2.57. The number of carbonyl (C=O) groups excluding carboxylic acids is 3. The van der Waals surface area contributed by atoms with Crippen LogP contribution in [0.3, 0.4) is 0 Å². The number of nitrogens with zero attached hydrogens (tertiary/aromatic N) is 3. The second-order valence-electron chi connectivity index (χ2n) is 5.80. The van der Waals surface area contributed by atoms with Crippen molar-refractivity contribution in [2.75, 3.05) is 33.2 Å². The molecule has 2 aliphatic heterocycles. The maximum absolute atomic E-state index is 12.3. The third kappa shape index (κ3) is 3.28. The molecule has 122 valence electrons. The van der Waals surface area contributed by atoms with Gasteiger partial charge in [-0.1, -0.05) is 18.2 Å². The van der Waals surface area contributed by atoms with Gasteiger partial charge in [-0.2, -0.15) is 0 Å². The third-order valence-corrected chi connectivity index (χ3v) is 4.07. The summed E-state index contributed by atoms with van der Waals surface area (Å²) < 4.78 is 5.84. The summed E-state index contributed by atoms with van der Waals surface area (Å²) in [4.78, 5) is 39.8. The second-order valence-corrected chi connectivity index (χ2v) is 5.80. The zero-order valence-electron chi connectivity index (χ0n) is 13.0. The zero-order chi connectivity index (χ0) is 16.4. The summed E-state index contributed by atoms with van der Waals surface area (Å²) in [6.45, 7) is 0.883. The van der Waals surface area contributed by atoms with Crippen LogP contribution in [0.5, 0.6) is 5.75 Å². The van der Waals surface area contributed by atoms with Crippen LogP contribution >= 0.6 is 0 Å². The molecule has 0 radical (unpaired) electrons. The van der Waals surface area contributed by atoms with Gasteiger partial charge in [-0.3, -0.25) is 14.5 Å². The van der Waals surface area contributed by atoms with E-state index < -0.39 is 6.03 Å². The lowest BCUT2D eigenvalue weighted by molar-refractivity contribution is -0.136. The van der Waals surface area contributed by atoms with Crippen LogP contribution in [0.15, 0.2) is 30.3 Å². The number of likely N-dealkylation sites (tertiary alicyclic amines) is 1. The molecular formula is C16H19N3O4. The predicted molar refractivity (Wildman–Crippen MR) is 81.8 cm³/mol. The summed E-state index contributed by atoms with van der Waals surface area (Å²) >= 11 is 0. The number of hydrogen-bond donors (Lipinski definition) is 0. The minimum absolute atomic E-state index is 0.0336. The smallest absolute Gasteiger partial charge is 0.327 e. The van der Waals surface area contributed by atoms with E-state index in [1.54, 1.807) is 11.9 Å². The molecule has 23 heavy (non-hydrogen) atoms. The van der Waals surface area contributed by atoms with Crippen molar-refractivity contribution in [1.29, 1.82) is 0 Å². The molecular weight excluding hydrogens is 298 g/mol. The number of carbonyl (C=O) groups is 3. The number of benzene rings is 1. The van der Waals surface area contributed by atoms with E-state index in [2.05, 4.69) is 0 Å². The van der Waals surface area contributed by atoms with E-state index in [0.29, 0.717) is 13.1 Å². The SMILES string of the molecule is CN1CC(=O)N(CC(=O)N2CCC(Oc3ccccc3)C2)C1=O. The van der Waals surface area contributed by atoms with E-state index in [9.17, 15) is 14.4 Å². The average molecular weight is 317 g/mol. The molecule has 3 rings (SSSR count). The summed E-state index contributed by atoms with van der Waals surface area (Å²) in [5.74, 6) is 0.224. The highest BCUT2D eigenvalue weighted by Gasteiger charge is 2.37. The summed E-state index contributed by atoms with van der Waals surface area (Å²) in [5.41, 5.74) is 0. The van der Waals surface area contributed by atoms with Gasteiger partial charge in [0.05, 0.1) is 6.54 Å². The summed E-state index contributed by atoms with van der Waals surface area (Å²) in [5, 5.41) is 0. The highest BCUT2D eigenvalue weighted by atomic mass is 16.5. The van der Waals surface area contributed by atoms with Gasteiger partial charge in [-0.15, -0.1) is 0 Å². The van der Waals surface area contributed by atoms with Crippen molar-refractivity contribution in [2.45, 2.75) is 12.5 Å². The first-order valence-electron chi connectivity index (χ1n) is 7.59. The molecule has 1 aromatic rings. The first-order valence-corrected chi connectivity index (χ1v) is 7.59. The van der Waals surface area contributed by atoms with E-state index in [4.69, 9.17) is 4.74 Å². The standard InChI is InChI=1S/C16H19N3O4/c1-17-10-15(21)19(16(17)22)11-14(20)18-8-7-13(9-18)23-12-5-3-2-4-6-12/h2-6,13H,7-11H2,1H3. The van der Waals surface area contributed by atoms with E-state index in [0.717, 1.165) is 17.1 Å². The molecule has 7 heteroatoms. The third-order valence-electron chi connectivity index (χ3n) is 4.07. The molecule has 0 N–H and O–H groups in total. The van der Waals surface area contributed by atoms with E-state index in [-0.39, 0.29) is 31.0 Å². The lowest BCUT2D eigenvalue weighted by Crippen LogP contribution is -2.42. The van der Waals surface area contributed by atoms with Crippen molar-refractivity contribution in [2.24, 2.45) is 0 Å². The molecule has 0 spiro atoms. The molecule has 2 heterocycles. The van der Waals surface area contributed by atoms with Crippen LogP contribution in [-0.2, 0) is 9.59 Å². The lowest BCUT2D eigenvalue weighted by Gasteiger charge is -2.20. The molecule has 1 atom stereocenters. The fourth-order valence-corrected chi connectivity index (χ4v) is 2.80. The van der Waals surface area contributed by atoms with Gasteiger partial charge in [-0.25, -0.2) is 4.79 Å². The fourth-order valence-electron chi connectivity index (χ4n) is 2.80. The Bertz CT molecular complexity index is 619. The molecule has 1 aromatic carbocycles. The Kier molecular flexibility index (Phi) is 4.18. The van der Waals surface area contributed by atoms with Gasteiger partial charge in [0.1, 0.15) is 24.9 Å². The van der Waals surface area contributed by atoms with Crippen molar-refractivity contribution < 1.29 is 19.1 Å². The highest BCUT2D eigenvalue weighted by molar-refractivity contribution is 6.04. The molecule has 0 bridgehead atoms. The van der Waals surface area contributed by atoms with E-state index in [1.807, 2.05) is 30.3 Å². The number of ether oxygens (including phenoxy) is 1. The first kappa shape index (κ1) is 15.3. The Morgan fingerprint density at radius 3 is 2.65 bits per heavy atom. The monoisotopic (exact) mass is 317 g/mol. The van der Waals surface area contributed by atoms with Gasteiger partial charge in [0.2, 0.25) is 5.91 Å². The van der Waals surface area contributed by atoms with Crippen molar-refractivity contribution in [3.05, 3.63) is 30.3 Å². The van der Waals surface area contributed by atoms with Gasteiger partial charge < -0.3 is 14.5 Å². The molecule has 2 saturated heterocycles. The van der Waals surface area contributed by atoms with Crippen LogP contribution in [0.2, 0.25) is 0 Å². The van der Waals surface area contributed by atoms with Crippen molar-refractivity contribution in [3.63, 3.8) is 0 Å². The van der Waals surface area contributed by atoms with Crippen molar-refractivity contribution >= 4 is 17.8 Å². The molecule has 4 amide bonds. The number of imide groups is 1. The maximum Gasteiger partial charge on any atom is 0.327 e. The summed E-state index contributed by atoms with van der Waals surface area (Å²) in [6.07, 6.45) is 0.677. The molecule has 2 fully saturated rings. The van der Waals surface area contributed by atoms with Gasteiger partial charge in [-0.05, 0) is 12.1 Å². The minimum atomic E-state index is -0.417. The maximum atomic E-state index is 12.3. The van der Waals surface area contributed by atoms with Gasteiger partial charge in [0.15, 0.2) is 0 Å². The molecule has 2 aliphatic rings. The number of para-hydroxylation sites is 1. The van der Waals surface area contributed by atoms with Crippen LogP contribution < -0.4 is 4.74 Å². The van der Waals surface area contributed by atoms with E-state index in [1.165, 1.54) is 4.90 Å². The number of hydrogen-bond acceptors (Lipinski definition) is 4. The molecule has 0 aliphatic carbocycles. The number of rotatable bonds is 4. The summed E-state index contributed by atoms with van der Waals surface area (Å²) in [6, 6.07) is 9.05. The predicted octanol–water partition coefficient (Wildman–Crippen LogP) is 0.560. The lowest BCUT2D eigenvalue weighted by atomic mass is 10.3. The molecule has 7 nitrogen and oxygen atoms in total. The highest BCUT2D eigenvalue weighted by Crippen LogP contribution is 2.18. The van der Waals surface area contributed by atoms with Gasteiger partial charge in [0.25, 0.3) is 5.91 Å². The zero-order valence-corrected chi connectivity index (χ0v) is 13.0. The molecule has 0 saturated carbocycles. The van der Waals surface area contributed by atoms with Crippen LogP contribution in [0.25, 0.3) is 0 Å². The Morgan fingerprint density at radius 2 is 2.00 bits per heavy atom. The normalized spacial score (nSPS) is 21.3. The number of likely N-dealkylation sites (N-methyl/N-ethyl adjacent to an activating group) is 1. The Morgan fingerprint density at radius 1 is 1.26 bits per heavy atom. The number of amides is 4. The van der Waals surface area contributed by atoms with Crippen LogP contribution in [0.1, 0.15) is 6.42 Å². The second kappa shape index (κ2) is 6.28. The molecule has 1 unspecified atom stereocenters. The fraction of sp³-hybridized carbons (Fsp3) is 0.438. The molecule has 0 aromatic heterocycles. The van der Waals surface area contributed by atoms with Crippen molar-refractivity contribution in [1.82, 2.24) is 14.7 Å². The Labute approximate surface area is 134 Å².